The van der Waals surface area contributed by atoms with Gasteiger partial charge in [0.2, 0.25) is 0 Å². The van der Waals surface area contributed by atoms with Gasteiger partial charge in [0.15, 0.2) is 23.4 Å². The molecule has 2 heterocycles. The molecular formula is C21H23NO6. The molecule has 0 N–H and O–H groups in total. The molecule has 5 rings (SSSR count). The molecule has 2 aliphatic heterocycles. The van der Waals surface area contributed by atoms with Crippen LogP contribution >= 0.6 is 0 Å². The number of esters is 2. The van der Waals surface area contributed by atoms with Crippen molar-refractivity contribution in [2.75, 3.05) is 13.6 Å². The number of ketones is 1. The Balaban J connectivity index is 1.81. The number of hydrogen-bond acceptors (Lipinski definition) is 7. The van der Waals surface area contributed by atoms with Gasteiger partial charge in [-0.1, -0.05) is 6.07 Å². The number of likely N-dealkylation sites (tertiary alicyclic amines) is 1. The Bertz CT molecular complexity index is 926. The standard InChI is InChI=1S/C21H23NO6/c1-11(23)26-15-5-4-13-10-16-21(28-12(2)24)7-6-14(25)19-20(21,8-9-22(16)3)17(13)18(15)27-19/h4-5,16,19H,6-10H2,1-3H3/t16-,19+,20+,21-/m0/s1. The number of ether oxygens (including phenoxy) is 3. The molecule has 1 spiro atoms. The van der Waals surface area contributed by atoms with Crippen molar-refractivity contribution in [1.29, 1.82) is 0 Å². The Labute approximate surface area is 162 Å². The maximum atomic E-state index is 13.0. The predicted octanol–water partition coefficient (Wildman–Crippen LogP) is 1.54. The first-order valence-corrected chi connectivity index (χ1v) is 9.74. The highest BCUT2D eigenvalue weighted by Gasteiger charge is 2.75. The fraction of sp³-hybridized carbons (Fsp3) is 0.571. The zero-order valence-corrected chi connectivity index (χ0v) is 16.2. The molecule has 1 aromatic rings. The molecule has 2 aliphatic carbocycles. The zero-order valence-electron chi connectivity index (χ0n) is 16.2. The van der Waals surface area contributed by atoms with Crippen LogP contribution in [0.5, 0.6) is 11.5 Å². The first-order valence-electron chi connectivity index (χ1n) is 9.74. The molecule has 0 radical (unpaired) electrons. The molecule has 1 aromatic carbocycles. The van der Waals surface area contributed by atoms with Crippen LogP contribution in [0.3, 0.4) is 0 Å². The molecular weight excluding hydrogens is 362 g/mol. The third-order valence-corrected chi connectivity index (χ3v) is 7.05. The summed E-state index contributed by atoms with van der Waals surface area (Å²) in [5.74, 6) is 0.0240. The van der Waals surface area contributed by atoms with Crippen LogP contribution in [-0.4, -0.2) is 54.0 Å². The average Bonchev–Trinajstić information content (AvgIpc) is 2.97. The summed E-state index contributed by atoms with van der Waals surface area (Å²) in [5.41, 5.74) is 0.416. The molecule has 148 valence electrons. The highest BCUT2D eigenvalue weighted by Crippen LogP contribution is 2.65. The van der Waals surface area contributed by atoms with Gasteiger partial charge in [-0.15, -0.1) is 0 Å². The van der Waals surface area contributed by atoms with Crippen LogP contribution in [0.25, 0.3) is 0 Å². The van der Waals surface area contributed by atoms with Gasteiger partial charge >= 0.3 is 11.9 Å². The number of Topliss-reactive ketones (excluding diaryl/α,β-unsaturated/α-hetero) is 1. The summed E-state index contributed by atoms with van der Waals surface area (Å²) in [7, 11) is 2.04. The number of piperidine rings is 1. The van der Waals surface area contributed by atoms with Gasteiger partial charge in [-0.05, 0) is 44.5 Å². The van der Waals surface area contributed by atoms with E-state index < -0.39 is 23.1 Å². The van der Waals surface area contributed by atoms with E-state index in [9.17, 15) is 14.4 Å². The van der Waals surface area contributed by atoms with Crippen molar-refractivity contribution in [1.82, 2.24) is 4.90 Å². The van der Waals surface area contributed by atoms with Gasteiger partial charge < -0.3 is 14.2 Å². The van der Waals surface area contributed by atoms with Crippen LogP contribution in [0.4, 0.5) is 0 Å². The molecule has 0 unspecified atom stereocenters. The number of benzene rings is 1. The summed E-state index contributed by atoms with van der Waals surface area (Å²) in [6.45, 7) is 3.54. The van der Waals surface area contributed by atoms with E-state index in [0.717, 1.165) is 17.7 Å². The minimum Gasteiger partial charge on any atom is -0.477 e. The van der Waals surface area contributed by atoms with Gasteiger partial charge in [0.05, 0.1) is 11.5 Å². The SMILES string of the molecule is CC(=O)Oc1ccc2c3c1O[C@@H]1C(=O)CC[C@]4(OC(C)=O)[C@H](C2)N(C)CC[C@@]314. The smallest absolute Gasteiger partial charge is 0.308 e. The van der Waals surface area contributed by atoms with Crippen LogP contribution in [-0.2, 0) is 31.0 Å². The molecule has 7 heteroatoms. The molecule has 2 fully saturated rings. The number of carbonyl (C=O) groups excluding carboxylic acids is 3. The van der Waals surface area contributed by atoms with Crippen LogP contribution in [0.1, 0.15) is 44.2 Å². The van der Waals surface area contributed by atoms with E-state index in [1.807, 2.05) is 13.1 Å². The van der Waals surface area contributed by atoms with Crippen molar-refractivity contribution < 1.29 is 28.6 Å². The van der Waals surface area contributed by atoms with E-state index in [2.05, 4.69) is 4.90 Å². The molecule has 0 aromatic heterocycles. The monoisotopic (exact) mass is 385 g/mol. The first-order chi connectivity index (χ1) is 13.3. The largest absolute Gasteiger partial charge is 0.477 e. The Morgan fingerprint density at radius 2 is 2.00 bits per heavy atom. The molecule has 1 saturated carbocycles. The Morgan fingerprint density at radius 1 is 1.21 bits per heavy atom. The average molecular weight is 385 g/mol. The summed E-state index contributed by atoms with van der Waals surface area (Å²) in [5, 5.41) is 0. The van der Waals surface area contributed by atoms with Gasteiger partial charge in [-0.25, -0.2) is 0 Å². The summed E-state index contributed by atoms with van der Waals surface area (Å²) in [4.78, 5) is 39.0. The number of rotatable bonds is 2. The van der Waals surface area contributed by atoms with Crippen molar-refractivity contribution in [3.63, 3.8) is 0 Å². The third-order valence-electron chi connectivity index (χ3n) is 7.05. The molecule has 1 saturated heterocycles. The van der Waals surface area contributed by atoms with Gasteiger partial charge in [-0.3, -0.25) is 19.3 Å². The summed E-state index contributed by atoms with van der Waals surface area (Å²) in [6.07, 6.45) is 1.40. The van der Waals surface area contributed by atoms with E-state index in [-0.39, 0.29) is 17.8 Å². The highest BCUT2D eigenvalue weighted by molar-refractivity contribution is 5.90. The lowest BCUT2D eigenvalue weighted by Gasteiger charge is -2.63. The van der Waals surface area contributed by atoms with Crippen molar-refractivity contribution in [3.8, 4) is 11.5 Å². The lowest BCUT2D eigenvalue weighted by molar-refractivity contribution is -0.211. The Hall–Kier alpha value is -2.41. The third kappa shape index (κ3) is 1.95. The molecule has 28 heavy (non-hydrogen) atoms. The van der Waals surface area contributed by atoms with Gasteiger partial charge in [0.25, 0.3) is 0 Å². The molecule has 2 bridgehead atoms. The molecule has 4 aliphatic rings. The van der Waals surface area contributed by atoms with Crippen LogP contribution in [0, 0.1) is 0 Å². The van der Waals surface area contributed by atoms with Gasteiger partial charge in [-0.2, -0.15) is 0 Å². The molecule has 7 nitrogen and oxygen atoms in total. The second-order valence-corrected chi connectivity index (χ2v) is 8.39. The Kier molecular flexibility index (Phi) is 3.51. The van der Waals surface area contributed by atoms with E-state index in [1.165, 1.54) is 13.8 Å². The van der Waals surface area contributed by atoms with E-state index in [0.29, 0.717) is 37.2 Å². The van der Waals surface area contributed by atoms with Crippen molar-refractivity contribution in [3.05, 3.63) is 23.3 Å². The summed E-state index contributed by atoms with van der Waals surface area (Å²) >= 11 is 0. The minimum absolute atomic E-state index is 0.0175. The fourth-order valence-corrected chi connectivity index (χ4v) is 6.19. The highest BCUT2D eigenvalue weighted by atomic mass is 16.6. The van der Waals surface area contributed by atoms with Crippen molar-refractivity contribution >= 4 is 17.7 Å². The van der Waals surface area contributed by atoms with Crippen molar-refractivity contribution in [2.24, 2.45) is 0 Å². The van der Waals surface area contributed by atoms with Gasteiger partial charge in [0.1, 0.15) is 5.60 Å². The second-order valence-electron chi connectivity index (χ2n) is 8.39. The second kappa shape index (κ2) is 5.56. The lowest BCUT2D eigenvalue weighted by atomic mass is 9.49. The summed E-state index contributed by atoms with van der Waals surface area (Å²) in [6, 6.07) is 3.66. The number of carbonyl (C=O) groups is 3. The first kappa shape index (κ1) is 17.7. The number of likely N-dealkylation sites (N-methyl/N-ethyl adjacent to an activating group) is 1. The minimum atomic E-state index is -0.822. The molecule has 4 atom stereocenters. The topological polar surface area (TPSA) is 82.1 Å². The predicted molar refractivity (Wildman–Crippen MR) is 97.3 cm³/mol. The van der Waals surface area contributed by atoms with E-state index in [1.54, 1.807) is 6.07 Å². The zero-order chi connectivity index (χ0) is 19.8. The van der Waals surface area contributed by atoms with Crippen molar-refractivity contribution in [2.45, 2.75) is 62.7 Å². The maximum Gasteiger partial charge on any atom is 0.308 e. The number of hydrogen-bond donors (Lipinski definition) is 0. The van der Waals surface area contributed by atoms with Gasteiger partial charge in [0, 0.05) is 25.8 Å². The normalized spacial score (nSPS) is 35.0. The van der Waals surface area contributed by atoms with E-state index in [4.69, 9.17) is 14.2 Å². The molecule has 0 amide bonds. The van der Waals surface area contributed by atoms with Crippen LogP contribution < -0.4 is 9.47 Å². The lowest BCUT2D eigenvalue weighted by Crippen LogP contribution is -2.77. The fourth-order valence-electron chi connectivity index (χ4n) is 6.19. The quantitative estimate of drug-likeness (QED) is 0.564. The summed E-state index contributed by atoms with van der Waals surface area (Å²) < 4.78 is 17.7. The van der Waals surface area contributed by atoms with E-state index >= 15 is 0 Å². The van der Waals surface area contributed by atoms with Crippen LogP contribution in [0.15, 0.2) is 12.1 Å². The maximum absolute atomic E-state index is 13.0. The number of nitrogens with zero attached hydrogens (tertiary/aromatic N) is 1. The Morgan fingerprint density at radius 3 is 2.71 bits per heavy atom. The van der Waals surface area contributed by atoms with Crippen LogP contribution in [0.2, 0.25) is 0 Å².